The second-order valence-corrected chi connectivity index (χ2v) is 3.19. The molecule has 1 aromatic carbocycles. The van der Waals surface area contributed by atoms with Crippen molar-refractivity contribution in [1.29, 1.82) is 0 Å². The predicted octanol–water partition coefficient (Wildman–Crippen LogP) is 2.82. The van der Waals surface area contributed by atoms with Crippen LogP contribution in [-0.4, -0.2) is 11.5 Å². The fourth-order valence-electron chi connectivity index (χ4n) is 1.25. The van der Waals surface area contributed by atoms with Gasteiger partial charge in [0.05, 0.1) is 0 Å². The van der Waals surface area contributed by atoms with Crippen molar-refractivity contribution in [3.8, 4) is 17.1 Å². The normalized spacial score (nSPS) is 11.5. The van der Waals surface area contributed by atoms with Crippen molar-refractivity contribution < 1.29 is 22.4 Å². The van der Waals surface area contributed by atoms with Gasteiger partial charge in [0.1, 0.15) is 5.75 Å². The number of anilines is 1. The SMILES string of the molecule is Nc1cc(-c2ccc(OC(F)(F)F)cc2)on1. The van der Waals surface area contributed by atoms with Gasteiger partial charge in [0, 0.05) is 11.6 Å². The molecule has 17 heavy (non-hydrogen) atoms. The number of halogens is 3. The summed E-state index contributed by atoms with van der Waals surface area (Å²) >= 11 is 0. The molecule has 0 aliphatic heterocycles. The third kappa shape index (κ3) is 2.90. The van der Waals surface area contributed by atoms with E-state index in [0.717, 1.165) is 0 Å². The van der Waals surface area contributed by atoms with Gasteiger partial charge < -0.3 is 15.0 Å². The van der Waals surface area contributed by atoms with Gasteiger partial charge in [-0.2, -0.15) is 0 Å². The lowest BCUT2D eigenvalue weighted by Crippen LogP contribution is -2.16. The minimum atomic E-state index is -4.70. The largest absolute Gasteiger partial charge is 0.573 e. The van der Waals surface area contributed by atoms with E-state index in [9.17, 15) is 13.2 Å². The van der Waals surface area contributed by atoms with Crippen LogP contribution in [0.2, 0.25) is 0 Å². The second-order valence-electron chi connectivity index (χ2n) is 3.19. The van der Waals surface area contributed by atoms with Gasteiger partial charge in [-0.1, -0.05) is 5.16 Å². The zero-order valence-corrected chi connectivity index (χ0v) is 8.36. The molecule has 0 fully saturated rings. The number of nitrogens with two attached hydrogens (primary N) is 1. The molecule has 2 N–H and O–H groups in total. The van der Waals surface area contributed by atoms with E-state index in [1.807, 2.05) is 0 Å². The Balaban J connectivity index is 2.19. The maximum atomic E-state index is 11.9. The number of nitrogen functional groups attached to an aromatic ring is 1. The lowest BCUT2D eigenvalue weighted by molar-refractivity contribution is -0.274. The van der Waals surface area contributed by atoms with E-state index in [-0.39, 0.29) is 11.6 Å². The van der Waals surface area contributed by atoms with Crippen molar-refractivity contribution in [2.75, 3.05) is 5.73 Å². The Morgan fingerprint density at radius 2 is 1.82 bits per heavy atom. The number of aromatic nitrogens is 1. The van der Waals surface area contributed by atoms with Crippen LogP contribution in [0, 0.1) is 0 Å². The summed E-state index contributed by atoms with van der Waals surface area (Å²) < 4.78 is 44.3. The van der Waals surface area contributed by atoms with Crippen molar-refractivity contribution in [2.24, 2.45) is 0 Å². The topological polar surface area (TPSA) is 61.3 Å². The van der Waals surface area contributed by atoms with Crippen molar-refractivity contribution in [2.45, 2.75) is 6.36 Å². The van der Waals surface area contributed by atoms with E-state index in [4.69, 9.17) is 10.3 Å². The standard InChI is InChI=1S/C10H7F3N2O2/c11-10(12,13)16-7-3-1-6(2-4-7)8-5-9(14)15-17-8/h1-5H,(H2,14,15). The molecule has 0 bridgehead atoms. The Bertz CT molecular complexity index is 505. The van der Waals surface area contributed by atoms with Crippen LogP contribution >= 0.6 is 0 Å². The van der Waals surface area contributed by atoms with E-state index in [1.54, 1.807) is 0 Å². The van der Waals surface area contributed by atoms with Crippen LogP contribution in [0.1, 0.15) is 0 Å². The summed E-state index contributed by atoms with van der Waals surface area (Å²) in [5, 5.41) is 3.47. The van der Waals surface area contributed by atoms with Crippen molar-refractivity contribution in [3.63, 3.8) is 0 Å². The lowest BCUT2D eigenvalue weighted by atomic mass is 10.2. The maximum absolute atomic E-state index is 11.9. The number of hydrogen-bond acceptors (Lipinski definition) is 4. The molecule has 0 unspecified atom stereocenters. The van der Waals surface area contributed by atoms with Gasteiger partial charge in [0.25, 0.3) is 0 Å². The maximum Gasteiger partial charge on any atom is 0.573 e. The van der Waals surface area contributed by atoms with Gasteiger partial charge in [-0.15, -0.1) is 13.2 Å². The molecule has 2 rings (SSSR count). The minimum Gasteiger partial charge on any atom is -0.406 e. The minimum absolute atomic E-state index is 0.204. The van der Waals surface area contributed by atoms with Gasteiger partial charge in [-0.05, 0) is 24.3 Å². The quantitative estimate of drug-likeness (QED) is 0.882. The first kappa shape index (κ1) is 11.3. The first-order valence-electron chi connectivity index (χ1n) is 4.52. The summed E-state index contributed by atoms with van der Waals surface area (Å²) in [5.74, 6) is 0.283. The molecule has 90 valence electrons. The molecule has 0 saturated carbocycles. The van der Waals surface area contributed by atoms with Crippen LogP contribution in [0.15, 0.2) is 34.9 Å². The number of benzene rings is 1. The van der Waals surface area contributed by atoms with Gasteiger partial charge in [0.15, 0.2) is 11.6 Å². The van der Waals surface area contributed by atoms with Crippen molar-refractivity contribution >= 4 is 5.82 Å². The predicted molar refractivity (Wildman–Crippen MR) is 53.0 cm³/mol. The van der Waals surface area contributed by atoms with Gasteiger partial charge in [-0.3, -0.25) is 0 Å². The van der Waals surface area contributed by atoms with E-state index < -0.39 is 6.36 Å². The summed E-state index contributed by atoms with van der Waals surface area (Å²) in [7, 11) is 0. The Hall–Kier alpha value is -2.18. The van der Waals surface area contributed by atoms with Gasteiger partial charge >= 0.3 is 6.36 Å². The molecule has 4 nitrogen and oxygen atoms in total. The number of rotatable bonds is 2. The molecule has 0 saturated heterocycles. The molecule has 1 aromatic heterocycles. The van der Waals surface area contributed by atoms with Crippen LogP contribution in [0.3, 0.4) is 0 Å². The summed E-state index contributed by atoms with van der Waals surface area (Å²) in [6.45, 7) is 0. The average Bonchev–Trinajstić information content (AvgIpc) is 2.63. The number of ether oxygens (including phenoxy) is 1. The first-order valence-corrected chi connectivity index (χ1v) is 4.52. The molecule has 1 heterocycles. The summed E-state index contributed by atoms with van der Waals surface area (Å²) in [4.78, 5) is 0. The zero-order valence-electron chi connectivity index (χ0n) is 8.36. The van der Waals surface area contributed by atoms with Crippen molar-refractivity contribution in [1.82, 2.24) is 5.16 Å². The van der Waals surface area contributed by atoms with Crippen molar-refractivity contribution in [3.05, 3.63) is 30.3 Å². The molecular formula is C10H7F3N2O2. The Morgan fingerprint density at radius 3 is 2.29 bits per heavy atom. The first-order chi connectivity index (χ1) is 7.94. The van der Waals surface area contributed by atoms with Crippen LogP contribution in [0.5, 0.6) is 5.75 Å². The molecule has 0 radical (unpaired) electrons. The third-order valence-electron chi connectivity index (χ3n) is 1.90. The highest BCUT2D eigenvalue weighted by Crippen LogP contribution is 2.27. The second kappa shape index (κ2) is 4.00. The lowest BCUT2D eigenvalue weighted by Gasteiger charge is -2.08. The van der Waals surface area contributed by atoms with Crippen LogP contribution in [0.25, 0.3) is 11.3 Å². The fraction of sp³-hybridized carbons (Fsp3) is 0.100. The molecule has 0 aliphatic carbocycles. The highest BCUT2D eigenvalue weighted by Gasteiger charge is 2.30. The average molecular weight is 244 g/mol. The van der Waals surface area contributed by atoms with E-state index in [2.05, 4.69) is 9.89 Å². The van der Waals surface area contributed by atoms with E-state index in [1.165, 1.54) is 30.3 Å². The van der Waals surface area contributed by atoms with E-state index in [0.29, 0.717) is 11.3 Å². The summed E-state index contributed by atoms with van der Waals surface area (Å²) in [5.41, 5.74) is 5.91. The smallest absolute Gasteiger partial charge is 0.406 e. The summed E-state index contributed by atoms with van der Waals surface area (Å²) in [6.07, 6.45) is -4.70. The molecule has 0 atom stereocenters. The highest BCUT2D eigenvalue weighted by molar-refractivity contribution is 5.60. The number of hydrogen-bond donors (Lipinski definition) is 1. The monoisotopic (exact) mass is 244 g/mol. The Morgan fingerprint density at radius 1 is 1.18 bits per heavy atom. The van der Waals surface area contributed by atoms with Crippen LogP contribution in [0.4, 0.5) is 19.0 Å². The van der Waals surface area contributed by atoms with Crippen LogP contribution in [-0.2, 0) is 0 Å². The number of nitrogens with zero attached hydrogens (tertiary/aromatic N) is 1. The summed E-state index contributed by atoms with van der Waals surface area (Å²) in [6, 6.07) is 6.67. The third-order valence-corrected chi connectivity index (χ3v) is 1.90. The molecule has 0 amide bonds. The van der Waals surface area contributed by atoms with Gasteiger partial charge in [0.2, 0.25) is 0 Å². The molecular weight excluding hydrogens is 237 g/mol. The number of alkyl halides is 3. The van der Waals surface area contributed by atoms with E-state index >= 15 is 0 Å². The fourth-order valence-corrected chi connectivity index (χ4v) is 1.25. The molecule has 7 heteroatoms. The molecule has 0 aliphatic rings. The van der Waals surface area contributed by atoms with Crippen LogP contribution < -0.4 is 10.5 Å². The molecule has 2 aromatic rings. The van der Waals surface area contributed by atoms with Gasteiger partial charge in [-0.25, -0.2) is 0 Å². The Labute approximate surface area is 93.8 Å². The highest BCUT2D eigenvalue weighted by atomic mass is 19.4. The molecule has 0 spiro atoms. The zero-order chi connectivity index (χ0) is 12.5. The Kier molecular flexibility index (Phi) is 2.66.